The zero-order valence-corrected chi connectivity index (χ0v) is 22.2. The van der Waals surface area contributed by atoms with Crippen LogP contribution in [0.5, 0.6) is 0 Å². The number of hydrogen-bond acceptors (Lipinski definition) is 4. The summed E-state index contributed by atoms with van der Waals surface area (Å²) in [6.07, 6.45) is 13.2. The Kier molecular flexibility index (Phi) is 13.7. The minimum Gasteiger partial charge on any atom is -0.378 e. The van der Waals surface area contributed by atoms with Crippen molar-refractivity contribution in [2.75, 3.05) is 46.0 Å². The van der Waals surface area contributed by atoms with E-state index < -0.39 is 0 Å². The average molecular weight is 552 g/mol. The summed E-state index contributed by atoms with van der Waals surface area (Å²) in [5.74, 6) is 1.80. The second-order valence-corrected chi connectivity index (χ2v) is 9.07. The van der Waals surface area contributed by atoms with Crippen molar-refractivity contribution in [1.82, 2.24) is 10.2 Å². The SMILES string of the molecule is CCNC(=NCCC(OCC)C1CCCC1)N1CCC(OCC2CCCCO2)CC1.I. The summed E-state index contributed by atoms with van der Waals surface area (Å²) in [4.78, 5) is 7.37. The van der Waals surface area contributed by atoms with Gasteiger partial charge in [0.15, 0.2) is 5.96 Å². The first kappa shape index (κ1) is 27.1. The van der Waals surface area contributed by atoms with Crippen molar-refractivity contribution in [3.63, 3.8) is 0 Å². The maximum atomic E-state index is 6.18. The topological polar surface area (TPSA) is 55.3 Å². The first-order chi connectivity index (χ1) is 14.8. The van der Waals surface area contributed by atoms with Crippen molar-refractivity contribution in [2.24, 2.45) is 10.9 Å². The fourth-order valence-corrected chi connectivity index (χ4v) is 5.14. The molecule has 1 aliphatic carbocycles. The Morgan fingerprint density at radius 3 is 2.45 bits per heavy atom. The molecule has 0 aromatic rings. The monoisotopic (exact) mass is 551 g/mol. The average Bonchev–Trinajstić information content (AvgIpc) is 3.32. The van der Waals surface area contributed by atoms with E-state index in [1.165, 1.54) is 38.5 Å². The summed E-state index contributed by atoms with van der Waals surface area (Å²) in [6.45, 7) is 10.5. The highest BCUT2D eigenvalue weighted by atomic mass is 127. The van der Waals surface area contributed by atoms with E-state index in [9.17, 15) is 0 Å². The zero-order chi connectivity index (χ0) is 21.0. The molecule has 31 heavy (non-hydrogen) atoms. The van der Waals surface area contributed by atoms with E-state index in [0.29, 0.717) is 18.3 Å². The molecule has 2 unspecified atom stereocenters. The minimum absolute atomic E-state index is 0. The Balaban J connectivity index is 0.00000341. The molecule has 6 nitrogen and oxygen atoms in total. The fourth-order valence-electron chi connectivity index (χ4n) is 5.14. The normalized spacial score (nSPS) is 24.8. The van der Waals surface area contributed by atoms with Crippen LogP contribution in [0.3, 0.4) is 0 Å². The molecule has 0 aromatic carbocycles. The molecule has 2 aliphatic heterocycles. The number of likely N-dealkylation sites (tertiary alicyclic amines) is 1. The molecule has 182 valence electrons. The van der Waals surface area contributed by atoms with Crippen molar-refractivity contribution in [3.05, 3.63) is 0 Å². The second kappa shape index (κ2) is 15.7. The van der Waals surface area contributed by atoms with Crippen LogP contribution in [0.2, 0.25) is 0 Å². The summed E-state index contributed by atoms with van der Waals surface area (Å²) >= 11 is 0. The number of rotatable bonds is 10. The van der Waals surface area contributed by atoms with E-state index in [1.807, 2.05) is 0 Å². The lowest BCUT2D eigenvalue weighted by atomic mass is 9.98. The second-order valence-electron chi connectivity index (χ2n) is 9.07. The summed E-state index contributed by atoms with van der Waals surface area (Å²) < 4.78 is 18.1. The molecule has 2 heterocycles. The van der Waals surface area contributed by atoms with E-state index in [1.54, 1.807) is 0 Å². The molecule has 0 amide bonds. The van der Waals surface area contributed by atoms with E-state index in [-0.39, 0.29) is 24.0 Å². The van der Waals surface area contributed by atoms with Gasteiger partial charge in [-0.2, -0.15) is 0 Å². The van der Waals surface area contributed by atoms with Crippen LogP contribution < -0.4 is 5.32 Å². The molecular weight excluding hydrogens is 505 g/mol. The van der Waals surface area contributed by atoms with E-state index >= 15 is 0 Å². The van der Waals surface area contributed by atoms with Gasteiger partial charge in [0, 0.05) is 39.4 Å². The standard InChI is InChI=1S/C24H45N3O3.HI/c1-3-25-24(26-15-12-23(28-4-2)20-9-5-6-10-20)27-16-13-21(14-17-27)30-19-22-11-7-8-18-29-22;/h20-23H,3-19H2,1-2H3,(H,25,26);1H. The maximum absolute atomic E-state index is 6.18. The Morgan fingerprint density at radius 2 is 1.81 bits per heavy atom. The van der Waals surface area contributed by atoms with Crippen molar-refractivity contribution in [3.8, 4) is 0 Å². The molecule has 7 heteroatoms. The van der Waals surface area contributed by atoms with Gasteiger partial charge in [-0.15, -0.1) is 24.0 Å². The molecule has 2 saturated heterocycles. The van der Waals surface area contributed by atoms with Crippen LogP contribution >= 0.6 is 24.0 Å². The molecule has 0 aromatic heterocycles. The summed E-state index contributed by atoms with van der Waals surface area (Å²) in [7, 11) is 0. The molecule has 2 atom stereocenters. The number of aliphatic imine (C=N–C) groups is 1. The number of hydrogen-bond donors (Lipinski definition) is 1. The molecule has 1 N–H and O–H groups in total. The highest BCUT2D eigenvalue weighted by Crippen LogP contribution is 2.30. The van der Waals surface area contributed by atoms with Crippen LogP contribution in [0.1, 0.15) is 78.1 Å². The van der Waals surface area contributed by atoms with Gasteiger partial charge in [0.2, 0.25) is 0 Å². The lowest BCUT2D eigenvalue weighted by molar-refractivity contribution is -0.0721. The van der Waals surface area contributed by atoms with Gasteiger partial charge < -0.3 is 24.4 Å². The minimum atomic E-state index is 0. The molecule has 0 bridgehead atoms. The first-order valence-electron chi connectivity index (χ1n) is 12.7. The zero-order valence-electron chi connectivity index (χ0n) is 19.9. The largest absolute Gasteiger partial charge is 0.378 e. The maximum Gasteiger partial charge on any atom is 0.193 e. The third-order valence-electron chi connectivity index (χ3n) is 6.85. The molecule has 0 spiro atoms. The predicted octanol–water partition coefficient (Wildman–Crippen LogP) is 4.61. The number of ether oxygens (including phenoxy) is 3. The predicted molar refractivity (Wildman–Crippen MR) is 138 cm³/mol. The molecule has 0 radical (unpaired) electrons. The summed E-state index contributed by atoms with van der Waals surface area (Å²) in [5.41, 5.74) is 0. The quantitative estimate of drug-likeness (QED) is 0.244. The van der Waals surface area contributed by atoms with Gasteiger partial charge in [-0.3, -0.25) is 4.99 Å². The van der Waals surface area contributed by atoms with Crippen molar-refractivity contribution >= 4 is 29.9 Å². The van der Waals surface area contributed by atoms with Gasteiger partial charge in [0.05, 0.1) is 24.9 Å². The van der Waals surface area contributed by atoms with Crippen LogP contribution in [-0.2, 0) is 14.2 Å². The Labute approximate surface area is 207 Å². The van der Waals surface area contributed by atoms with Gasteiger partial charge in [-0.05, 0) is 71.1 Å². The molecule has 3 rings (SSSR count). The van der Waals surface area contributed by atoms with Crippen molar-refractivity contribution in [2.45, 2.75) is 96.4 Å². The highest BCUT2D eigenvalue weighted by Gasteiger charge is 2.26. The fraction of sp³-hybridized carbons (Fsp3) is 0.958. The third kappa shape index (κ3) is 9.33. The van der Waals surface area contributed by atoms with Gasteiger partial charge in [-0.1, -0.05) is 12.8 Å². The Morgan fingerprint density at radius 1 is 1.06 bits per heavy atom. The van der Waals surface area contributed by atoms with Crippen molar-refractivity contribution < 1.29 is 14.2 Å². The van der Waals surface area contributed by atoms with Crippen LogP contribution in [-0.4, -0.2) is 75.2 Å². The lowest BCUT2D eigenvalue weighted by Crippen LogP contribution is -2.47. The summed E-state index contributed by atoms with van der Waals surface area (Å²) in [5, 5.41) is 3.50. The third-order valence-corrected chi connectivity index (χ3v) is 6.85. The van der Waals surface area contributed by atoms with Gasteiger partial charge >= 0.3 is 0 Å². The lowest BCUT2D eigenvalue weighted by Gasteiger charge is -2.35. The van der Waals surface area contributed by atoms with E-state index in [2.05, 4.69) is 24.1 Å². The van der Waals surface area contributed by atoms with Crippen LogP contribution in [0, 0.1) is 5.92 Å². The first-order valence-corrected chi connectivity index (χ1v) is 12.7. The molecule has 1 saturated carbocycles. The smallest absolute Gasteiger partial charge is 0.193 e. The Hall–Kier alpha value is -0.120. The number of piperidine rings is 1. The van der Waals surface area contributed by atoms with Gasteiger partial charge in [0.25, 0.3) is 0 Å². The van der Waals surface area contributed by atoms with Gasteiger partial charge in [-0.25, -0.2) is 0 Å². The van der Waals surface area contributed by atoms with Gasteiger partial charge in [0.1, 0.15) is 0 Å². The Bertz CT molecular complexity index is 488. The molecular formula is C24H46IN3O3. The van der Waals surface area contributed by atoms with E-state index in [0.717, 1.165) is 83.6 Å². The molecule has 3 fully saturated rings. The molecule has 3 aliphatic rings. The summed E-state index contributed by atoms with van der Waals surface area (Å²) in [6, 6.07) is 0. The van der Waals surface area contributed by atoms with Crippen LogP contribution in [0.4, 0.5) is 0 Å². The number of nitrogens with zero attached hydrogens (tertiary/aromatic N) is 2. The number of halogens is 1. The highest BCUT2D eigenvalue weighted by molar-refractivity contribution is 14.0. The van der Waals surface area contributed by atoms with Crippen molar-refractivity contribution in [1.29, 1.82) is 0 Å². The number of nitrogens with one attached hydrogen (secondary N) is 1. The van der Waals surface area contributed by atoms with E-state index in [4.69, 9.17) is 19.2 Å². The number of guanidine groups is 1. The van der Waals surface area contributed by atoms with Crippen LogP contribution in [0.15, 0.2) is 4.99 Å². The van der Waals surface area contributed by atoms with Crippen LogP contribution in [0.25, 0.3) is 0 Å².